The lowest BCUT2D eigenvalue weighted by molar-refractivity contribution is 0.0699. The first-order valence-corrected chi connectivity index (χ1v) is 8.15. The minimum atomic E-state index is -0.913. The molecule has 0 aliphatic heterocycles. The first-order chi connectivity index (χ1) is 11.5. The van der Waals surface area contributed by atoms with Crippen LogP contribution in [0.25, 0.3) is 10.8 Å². The van der Waals surface area contributed by atoms with E-state index >= 15 is 0 Å². The van der Waals surface area contributed by atoms with Crippen LogP contribution in [0.1, 0.15) is 44.0 Å². The minimum absolute atomic E-state index is 0.314. The third-order valence-corrected chi connectivity index (χ3v) is 3.86. The highest BCUT2D eigenvalue weighted by atomic mass is 16.5. The van der Waals surface area contributed by atoms with Crippen molar-refractivity contribution in [2.24, 2.45) is 0 Å². The van der Waals surface area contributed by atoms with Gasteiger partial charge >= 0.3 is 5.97 Å². The molecule has 0 fully saturated rings. The number of allylic oxidation sites excluding steroid dienone is 3. The Bertz CT molecular complexity index is 781. The van der Waals surface area contributed by atoms with Gasteiger partial charge in [-0.1, -0.05) is 29.4 Å². The molecule has 0 saturated heterocycles. The van der Waals surface area contributed by atoms with E-state index in [1.165, 1.54) is 11.1 Å². The summed E-state index contributed by atoms with van der Waals surface area (Å²) in [7, 11) is 0. The normalized spacial score (nSPS) is 11.4. The molecule has 0 aliphatic carbocycles. The third-order valence-electron chi connectivity index (χ3n) is 3.86. The quantitative estimate of drug-likeness (QED) is 0.673. The predicted octanol–water partition coefficient (Wildman–Crippen LogP) is 5.61. The summed E-state index contributed by atoms with van der Waals surface area (Å²) in [6.07, 6.45) is 6.42. The Morgan fingerprint density at radius 2 is 1.92 bits per heavy atom. The zero-order valence-corrected chi connectivity index (χ0v) is 14.5. The topological polar surface area (TPSA) is 46.5 Å². The highest BCUT2D eigenvalue weighted by molar-refractivity contribution is 6.03. The van der Waals surface area contributed by atoms with Crippen LogP contribution < -0.4 is 4.74 Å². The van der Waals surface area contributed by atoms with Gasteiger partial charge in [0.25, 0.3) is 0 Å². The first-order valence-electron chi connectivity index (χ1n) is 8.15. The molecule has 1 N–H and O–H groups in total. The van der Waals surface area contributed by atoms with Crippen LogP contribution in [-0.2, 0) is 0 Å². The minimum Gasteiger partial charge on any atom is -0.490 e. The fraction of sp³-hybridized carbons (Fsp3) is 0.286. The number of benzene rings is 2. The number of carbonyl (C=O) groups is 1. The van der Waals surface area contributed by atoms with E-state index in [0.717, 1.165) is 29.4 Å². The molecule has 3 heteroatoms. The molecule has 0 heterocycles. The molecule has 24 heavy (non-hydrogen) atoms. The smallest absolute Gasteiger partial charge is 0.336 e. The molecule has 0 spiro atoms. The van der Waals surface area contributed by atoms with Crippen LogP contribution in [0.4, 0.5) is 0 Å². The molecule has 0 aliphatic rings. The van der Waals surface area contributed by atoms with Crippen LogP contribution in [0.15, 0.2) is 59.7 Å². The fourth-order valence-corrected chi connectivity index (χ4v) is 2.51. The third kappa shape index (κ3) is 4.98. The molecule has 0 bridgehead atoms. The number of hydrogen-bond acceptors (Lipinski definition) is 2. The van der Waals surface area contributed by atoms with Crippen LogP contribution in [-0.4, -0.2) is 17.7 Å². The summed E-state index contributed by atoms with van der Waals surface area (Å²) in [5.74, 6) is -0.164. The van der Waals surface area contributed by atoms with Gasteiger partial charge in [0.1, 0.15) is 12.4 Å². The van der Waals surface area contributed by atoms with Crippen LogP contribution in [0.3, 0.4) is 0 Å². The fourth-order valence-electron chi connectivity index (χ4n) is 2.51. The van der Waals surface area contributed by atoms with Gasteiger partial charge in [0.15, 0.2) is 0 Å². The summed E-state index contributed by atoms with van der Waals surface area (Å²) in [5.41, 5.74) is 2.96. The van der Waals surface area contributed by atoms with Gasteiger partial charge in [-0.3, -0.25) is 0 Å². The Kier molecular flexibility index (Phi) is 6.19. The summed E-state index contributed by atoms with van der Waals surface area (Å²) in [4.78, 5) is 11.2. The molecule has 0 saturated carbocycles. The zero-order valence-electron chi connectivity index (χ0n) is 14.5. The van der Waals surface area contributed by atoms with Crippen molar-refractivity contribution in [2.75, 3.05) is 6.61 Å². The van der Waals surface area contributed by atoms with Crippen molar-refractivity contribution in [3.8, 4) is 5.75 Å². The largest absolute Gasteiger partial charge is 0.490 e. The first kappa shape index (κ1) is 17.8. The Labute approximate surface area is 143 Å². The van der Waals surface area contributed by atoms with Gasteiger partial charge < -0.3 is 9.84 Å². The van der Waals surface area contributed by atoms with Crippen molar-refractivity contribution in [1.82, 2.24) is 0 Å². The van der Waals surface area contributed by atoms with Crippen molar-refractivity contribution in [3.63, 3.8) is 0 Å². The molecule has 2 aromatic rings. The van der Waals surface area contributed by atoms with Crippen LogP contribution in [0.5, 0.6) is 5.75 Å². The highest BCUT2D eigenvalue weighted by Gasteiger charge is 2.08. The van der Waals surface area contributed by atoms with Gasteiger partial charge in [-0.05, 0) is 74.7 Å². The maximum absolute atomic E-state index is 11.2. The number of carboxylic acids is 1. The van der Waals surface area contributed by atoms with Gasteiger partial charge in [0, 0.05) is 0 Å². The van der Waals surface area contributed by atoms with Crippen molar-refractivity contribution in [3.05, 3.63) is 65.3 Å². The van der Waals surface area contributed by atoms with Crippen molar-refractivity contribution < 1.29 is 14.6 Å². The second-order valence-corrected chi connectivity index (χ2v) is 6.18. The van der Waals surface area contributed by atoms with E-state index < -0.39 is 5.97 Å². The zero-order chi connectivity index (χ0) is 17.5. The average molecular weight is 324 g/mol. The lowest BCUT2D eigenvalue weighted by Crippen LogP contribution is -1.98. The Morgan fingerprint density at radius 3 is 2.62 bits per heavy atom. The number of hydrogen-bond donors (Lipinski definition) is 1. The maximum Gasteiger partial charge on any atom is 0.336 e. The number of rotatable bonds is 7. The number of aromatic carboxylic acids is 1. The molecule has 0 unspecified atom stereocenters. The van der Waals surface area contributed by atoms with Gasteiger partial charge in [0.2, 0.25) is 0 Å². The summed E-state index contributed by atoms with van der Waals surface area (Å²) in [5, 5.41) is 10.8. The van der Waals surface area contributed by atoms with Gasteiger partial charge in [-0.2, -0.15) is 0 Å². The van der Waals surface area contributed by atoms with Crippen LogP contribution >= 0.6 is 0 Å². The SMILES string of the molecule is CC(C)=CCCC(C)=CCOc1ccc2c(C(=O)O)cccc2c1. The molecular weight excluding hydrogens is 300 g/mol. The molecule has 0 amide bonds. The molecule has 2 aromatic carbocycles. The Morgan fingerprint density at radius 1 is 1.12 bits per heavy atom. The van der Waals surface area contributed by atoms with E-state index in [2.05, 4.69) is 32.9 Å². The van der Waals surface area contributed by atoms with E-state index in [0.29, 0.717) is 12.2 Å². The van der Waals surface area contributed by atoms with Crippen molar-refractivity contribution in [2.45, 2.75) is 33.6 Å². The van der Waals surface area contributed by atoms with Crippen molar-refractivity contribution in [1.29, 1.82) is 0 Å². The van der Waals surface area contributed by atoms with Crippen LogP contribution in [0.2, 0.25) is 0 Å². The molecule has 2 rings (SSSR count). The molecular formula is C21H24O3. The maximum atomic E-state index is 11.2. The van der Waals surface area contributed by atoms with E-state index in [1.807, 2.05) is 18.2 Å². The summed E-state index contributed by atoms with van der Waals surface area (Å²) in [6.45, 7) is 6.85. The monoisotopic (exact) mass is 324 g/mol. The van der Waals surface area contributed by atoms with Crippen molar-refractivity contribution >= 4 is 16.7 Å². The Hall–Kier alpha value is -2.55. The second-order valence-electron chi connectivity index (χ2n) is 6.18. The van der Waals surface area contributed by atoms with E-state index in [4.69, 9.17) is 4.74 Å². The molecule has 126 valence electrons. The lowest BCUT2D eigenvalue weighted by atomic mass is 10.0. The Balaban J connectivity index is 2.01. The van der Waals surface area contributed by atoms with E-state index in [1.54, 1.807) is 18.2 Å². The summed E-state index contributed by atoms with van der Waals surface area (Å²) < 4.78 is 5.77. The van der Waals surface area contributed by atoms with Gasteiger partial charge in [-0.25, -0.2) is 4.79 Å². The highest BCUT2D eigenvalue weighted by Crippen LogP contribution is 2.24. The van der Waals surface area contributed by atoms with Crippen LogP contribution in [0, 0.1) is 0 Å². The molecule has 0 radical (unpaired) electrons. The lowest BCUT2D eigenvalue weighted by Gasteiger charge is -2.07. The average Bonchev–Trinajstić information content (AvgIpc) is 2.53. The number of fused-ring (bicyclic) bond motifs is 1. The molecule has 3 nitrogen and oxygen atoms in total. The second kappa shape index (κ2) is 8.34. The molecule has 0 atom stereocenters. The van der Waals surface area contributed by atoms with E-state index in [9.17, 15) is 9.90 Å². The van der Waals surface area contributed by atoms with Gasteiger partial charge in [0.05, 0.1) is 5.56 Å². The summed E-state index contributed by atoms with van der Waals surface area (Å²) in [6, 6.07) is 10.8. The number of ether oxygens (including phenoxy) is 1. The summed E-state index contributed by atoms with van der Waals surface area (Å²) >= 11 is 0. The standard InChI is InChI=1S/C21H24O3/c1-15(2)6-4-7-16(3)12-13-24-18-10-11-19-17(14-18)8-5-9-20(19)21(22)23/h5-6,8-12,14H,4,7,13H2,1-3H3,(H,22,23). The number of carboxylic acid groups (broad SMARTS) is 1. The van der Waals surface area contributed by atoms with Gasteiger partial charge in [-0.15, -0.1) is 0 Å². The molecule has 0 aromatic heterocycles. The van der Waals surface area contributed by atoms with E-state index in [-0.39, 0.29) is 0 Å². The predicted molar refractivity (Wildman–Crippen MR) is 98.8 cm³/mol.